The van der Waals surface area contributed by atoms with Gasteiger partial charge in [-0.1, -0.05) is 30.3 Å². The number of likely N-dealkylation sites (tertiary alicyclic amines) is 1. The van der Waals surface area contributed by atoms with Crippen molar-refractivity contribution in [3.05, 3.63) is 35.9 Å². The van der Waals surface area contributed by atoms with E-state index < -0.39 is 10.8 Å². The number of benzene rings is 1. The summed E-state index contributed by atoms with van der Waals surface area (Å²) in [5, 5.41) is 3.39. The van der Waals surface area contributed by atoms with Crippen molar-refractivity contribution < 1.29 is 13.7 Å². The monoisotopic (exact) mass is 435 g/mol. The smallest absolute Gasteiger partial charge is 0.193 e. The van der Waals surface area contributed by atoms with Crippen molar-refractivity contribution in [2.24, 2.45) is 4.99 Å². The highest BCUT2D eigenvalue weighted by molar-refractivity contribution is 7.84. The molecule has 0 radical (unpaired) electrons. The van der Waals surface area contributed by atoms with Gasteiger partial charge in [0.25, 0.3) is 0 Å². The molecule has 1 aromatic rings. The third-order valence-electron chi connectivity index (χ3n) is 5.62. The second-order valence-electron chi connectivity index (χ2n) is 8.02. The zero-order valence-electron chi connectivity index (χ0n) is 18.3. The van der Waals surface area contributed by atoms with Crippen molar-refractivity contribution in [1.82, 2.24) is 10.2 Å². The minimum atomic E-state index is -0.893. The second-order valence-corrected chi connectivity index (χ2v) is 9.59. The third kappa shape index (κ3) is 8.00. The van der Waals surface area contributed by atoms with Gasteiger partial charge in [0, 0.05) is 48.5 Å². The number of hydrogen-bond acceptors (Lipinski definition) is 4. The Hall–Kier alpha value is -1.44. The van der Waals surface area contributed by atoms with Crippen LogP contribution < -0.4 is 5.32 Å². The molecular formula is C23H37N3O3S. The first-order valence-corrected chi connectivity index (χ1v) is 12.9. The van der Waals surface area contributed by atoms with Gasteiger partial charge in [-0.3, -0.25) is 9.20 Å². The summed E-state index contributed by atoms with van der Waals surface area (Å²) in [5.74, 6) is 2.12. The fourth-order valence-electron chi connectivity index (χ4n) is 3.93. The number of hydrogen-bond donors (Lipinski definition) is 1. The van der Waals surface area contributed by atoms with Crippen molar-refractivity contribution in [2.75, 3.05) is 45.1 Å². The number of ether oxygens (including phenoxy) is 2. The fraction of sp³-hybridized carbons (Fsp3) is 0.696. The zero-order valence-corrected chi connectivity index (χ0v) is 19.1. The van der Waals surface area contributed by atoms with Crippen LogP contribution in [0, 0.1) is 0 Å². The maximum atomic E-state index is 12.4. The van der Waals surface area contributed by atoms with Crippen molar-refractivity contribution >= 4 is 16.8 Å². The van der Waals surface area contributed by atoms with Gasteiger partial charge in [0.15, 0.2) is 5.96 Å². The molecule has 0 saturated carbocycles. The van der Waals surface area contributed by atoms with Crippen LogP contribution in [0.2, 0.25) is 0 Å². The predicted octanol–water partition coefficient (Wildman–Crippen LogP) is 2.95. The first-order valence-electron chi connectivity index (χ1n) is 11.4. The second kappa shape index (κ2) is 13.1. The van der Waals surface area contributed by atoms with E-state index in [-0.39, 0.29) is 6.10 Å². The Labute approximate surface area is 183 Å². The normalized spacial score (nSPS) is 22.1. The number of piperidine rings is 1. The highest BCUT2D eigenvalue weighted by Gasteiger charge is 2.23. The molecule has 2 atom stereocenters. The first-order chi connectivity index (χ1) is 14.7. The Kier molecular flexibility index (Phi) is 10.1. The standard InChI is InChI=1S/C23H37N3O3S/c1-2-24-23(25-13-17-30(27)19-20-8-4-3-5-9-20)26-14-11-21(12-15-26)29-18-22-10-6-7-16-28-22/h3-5,8-9,21-22H,2,6-7,10-19H2,1H3,(H,24,25). The van der Waals surface area contributed by atoms with Crippen LogP contribution in [0.3, 0.4) is 0 Å². The van der Waals surface area contributed by atoms with Gasteiger partial charge in [0.2, 0.25) is 0 Å². The largest absolute Gasteiger partial charge is 0.376 e. The van der Waals surface area contributed by atoms with Gasteiger partial charge in [-0.05, 0) is 44.6 Å². The minimum Gasteiger partial charge on any atom is -0.376 e. The van der Waals surface area contributed by atoms with Gasteiger partial charge in [0.1, 0.15) is 0 Å². The molecule has 0 aliphatic carbocycles. The third-order valence-corrected chi connectivity index (χ3v) is 6.91. The number of nitrogens with zero attached hydrogens (tertiary/aromatic N) is 2. The highest BCUT2D eigenvalue weighted by atomic mass is 32.2. The van der Waals surface area contributed by atoms with Crippen LogP contribution >= 0.6 is 0 Å². The molecule has 1 aromatic carbocycles. The summed E-state index contributed by atoms with van der Waals surface area (Å²) >= 11 is 0. The van der Waals surface area contributed by atoms with Gasteiger partial charge < -0.3 is 19.7 Å². The summed E-state index contributed by atoms with van der Waals surface area (Å²) in [7, 11) is -0.893. The molecule has 6 nitrogen and oxygen atoms in total. The summed E-state index contributed by atoms with van der Waals surface area (Å²) in [5.41, 5.74) is 1.12. The molecule has 0 aromatic heterocycles. The van der Waals surface area contributed by atoms with Crippen LogP contribution in [0.25, 0.3) is 0 Å². The molecule has 2 unspecified atom stereocenters. The number of aliphatic imine (C=N–C) groups is 1. The molecule has 30 heavy (non-hydrogen) atoms. The fourth-order valence-corrected chi connectivity index (χ4v) is 4.93. The van der Waals surface area contributed by atoms with Crippen molar-refractivity contribution in [3.63, 3.8) is 0 Å². The summed E-state index contributed by atoms with van der Waals surface area (Å²) in [6.07, 6.45) is 6.18. The van der Waals surface area contributed by atoms with Crippen LogP contribution in [-0.2, 0) is 26.0 Å². The molecule has 0 spiro atoms. The minimum absolute atomic E-state index is 0.285. The Bertz CT molecular complexity index is 657. The van der Waals surface area contributed by atoms with E-state index in [1.54, 1.807) is 0 Å². The van der Waals surface area contributed by atoms with Crippen LogP contribution in [0.4, 0.5) is 0 Å². The average Bonchev–Trinajstić information content (AvgIpc) is 2.79. The maximum Gasteiger partial charge on any atom is 0.193 e. The van der Waals surface area contributed by atoms with E-state index in [4.69, 9.17) is 14.5 Å². The van der Waals surface area contributed by atoms with Gasteiger partial charge in [-0.25, -0.2) is 0 Å². The lowest BCUT2D eigenvalue weighted by Crippen LogP contribution is -2.47. The van der Waals surface area contributed by atoms with E-state index in [1.807, 2.05) is 30.3 Å². The lowest BCUT2D eigenvalue weighted by Gasteiger charge is -2.35. The molecule has 0 amide bonds. The summed E-state index contributed by atoms with van der Waals surface area (Å²) in [6, 6.07) is 10.0. The SMILES string of the molecule is CCNC(=NCCS(=O)Cc1ccccc1)N1CCC(OCC2CCCCO2)CC1. The van der Waals surface area contributed by atoms with Crippen LogP contribution in [-0.4, -0.2) is 72.4 Å². The molecule has 2 aliphatic heterocycles. The Morgan fingerprint density at radius 3 is 2.73 bits per heavy atom. The van der Waals surface area contributed by atoms with Gasteiger partial charge in [-0.15, -0.1) is 0 Å². The molecule has 2 saturated heterocycles. The predicted molar refractivity (Wildman–Crippen MR) is 123 cm³/mol. The lowest BCUT2D eigenvalue weighted by molar-refractivity contribution is -0.0721. The average molecular weight is 436 g/mol. The molecule has 7 heteroatoms. The molecular weight excluding hydrogens is 398 g/mol. The van der Waals surface area contributed by atoms with Crippen LogP contribution in [0.1, 0.15) is 44.6 Å². The quantitative estimate of drug-likeness (QED) is 0.477. The maximum absolute atomic E-state index is 12.4. The summed E-state index contributed by atoms with van der Waals surface area (Å²) < 4.78 is 24.3. The lowest BCUT2D eigenvalue weighted by atomic mass is 10.1. The topological polar surface area (TPSA) is 63.2 Å². The molecule has 2 fully saturated rings. The Morgan fingerprint density at radius 2 is 2.03 bits per heavy atom. The van der Waals surface area contributed by atoms with Crippen molar-refractivity contribution in [2.45, 2.75) is 57.0 Å². The van der Waals surface area contributed by atoms with Crippen LogP contribution in [0.15, 0.2) is 35.3 Å². The number of rotatable bonds is 9. The van der Waals surface area contributed by atoms with E-state index >= 15 is 0 Å². The van der Waals surface area contributed by atoms with E-state index in [0.717, 1.165) is 63.6 Å². The van der Waals surface area contributed by atoms with E-state index in [2.05, 4.69) is 17.1 Å². The zero-order chi connectivity index (χ0) is 21.0. The Morgan fingerprint density at radius 1 is 1.23 bits per heavy atom. The van der Waals surface area contributed by atoms with E-state index in [1.165, 1.54) is 12.8 Å². The van der Waals surface area contributed by atoms with Gasteiger partial charge >= 0.3 is 0 Å². The molecule has 1 N–H and O–H groups in total. The van der Waals surface area contributed by atoms with Crippen molar-refractivity contribution in [1.29, 1.82) is 0 Å². The summed E-state index contributed by atoms with van der Waals surface area (Å²) in [6.45, 7) is 6.99. The first kappa shape index (κ1) is 23.2. The molecule has 0 bridgehead atoms. The van der Waals surface area contributed by atoms with Crippen LogP contribution in [0.5, 0.6) is 0 Å². The van der Waals surface area contributed by atoms with Crippen molar-refractivity contribution in [3.8, 4) is 0 Å². The van der Waals surface area contributed by atoms with E-state index in [0.29, 0.717) is 24.2 Å². The van der Waals surface area contributed by atoms with E-state index in [9.17, 15) is 4.21 Å². The molecule has 168 valence electrons. The molecule has 2 aliphatic rings. The number of guanidine groups is 1. The highest BCUT2D eigenvalue weighted by Crippen LogP contribution is 2.18. The Balaban J connectivity index is 1.39. The van der Waals surface area contributed by atoms with Gasteiger partial charge in [-0.2, -0.15) is 0 Å². The molecule has 2 heterocycles. The summed E-state index contributed by atoms with van der Waals surface area (Å²) in [4.78, 5) is 7.05. The molecule has 3 rings (SSSR count). The number of nitrogens with one attached hydrogen (secondary N) is 1. The van der Waals surface area contributed by atoms with Gasteiger partial charge in [0.05, 0.1) is 25.4 Å².